The van der Waals surface area contributed by atoms with Crippen LogP contribution in [0.5, 0.6) is 23.0 Å². The van der Waals surface area contributed by atoms with Crippen LogP contribution in [0, 0.1) is 0 Å². The minimum Gasteiger partial charge on any atom is -0.508 e. The van der Waals surface area contributed by atoms with Crippen molar-refractivity contribution in [1.82, 2.24) is 0 Å². The summed E-state index contributed by atoms with van der Waals surface area (Å²) in [5, 5.41) is 71.5. The molecular formula is C17H24O8. The van der Waals surface area contributed by atoms with E-state index in [1.54, 1.807) is 0 Å². The molecule has 0 bridgehead atoms. The maximum atomic E-state index is 9.28. The second-order valence-corrected chi connectivity index (χ2v) is 4.86. The Kier molecular flexibility index (Phi) is 9.32. The molecule has 0 fully saturated rings. The lowest BCUT2D eigenvalue weighted by molar-refractivity contribution is 0.261. The summed E-state index contributed by atoms with van der Waals surface area (Å²) in [6, 6.07) is 4.98. The van der Waals surface area contributed by atoms with Gasteiger partial charge in [-0.15, -0.1) is 0 Å². The third kappa shape index (κ3) is 5.80. The SMILES string of the molecule is C.OCc1cc(O)cc(CO)c1O.OCc1cc(O)cc(CO)c1O. The summed E-state index contributed by atoms with van der Waals surface area (Å²) >= 11 is 0. The molecule has 2 aromatic rings. The Hall–Kier alpha value is -2.52. The number of phenols is 4. The Morgan fingerprint density at radius 2 is 0.680 bits per heavy atom. The van der Waals surface area contributed by atoms with Crippen LogP contribution in [0.2, 0.25) is 0 Å². The van der Waals surface area contributed by atoms with Crippen molar-refractivity contribution in [2.45, 2.75) is 33.9 Å². The van der Waals surface area contributed by atoms with Gasteiger partial charge in [0.25, 0.3) is 0 Å². The molecule has 0 aliphatic carbocycles. The number of aliphatic hydroxyl groups excluding tert-OH is 4. The highest BCUT2D eigenvalue weighted by Gasteiger charge is 2.08. The van der Waals surface area contributed by atoms with Crippen LogP contribution in [0.4, 0.5) is 0 Å². The van der Waals surface area contributed by atoms with Crippen LogP contribution in [0.3, 0.4) is 0 Å². The van der Waals surface area contributed by atoms with Crippen LogP contribution in [-0.2, 0) is 26.4 Å². The van der Waals surface area contributed by atoms with E-state index in [-0.39, 0.29) is 79.1 Å². The summed E-state index contributed by atoms with van der Waals surface area (Å²) < 4.78 is 0. The van der Waals surface area contributed by atoms with E-state index in [9.17, 15) is 10.2 Å². The van der Waals surface area contributed by atoms with E-state index in [0.29, 0.717) is 0 Å². The first kappa shape index (κ1) is 22.5. The zero-order valence-electron chi connectivity index (χ0n) is 12.7. The topological polar surface area (TPSA) is 162 Å². The van der Waals surface area contributed by atoms with Gasteiger partial charge in [0.15, 0.2) is 0 Å². The van der Waals surface area contributed by atoms with Crippen LogP contribution < -0.4 is 0 Å². The molecule has 0 spiro atoms. The highest BCUT2D eigenvalue weighted by Crippen LogP contribution is 2.28. The summed E-state index contributed by atoms with van der Waals surface area (Å²) in [6.07, 6.45) is 0. The molecule has 0 aliphatic heterocycles. The Labute approximate surface area is 145 Å². The second-order valence-electron chi connectivity index (χ2n) is 4.86. The first-order valence-electron chi connectivity index (χ1n) is 6.88. The molecule has 0 aliphatic rings. The lowest BCUT2D eigenvalue weighted by atomic mass is 10.1. The van der Waals surface area contributed by atoms with Crippen LogP contribution >= 0.6 is 0 Å². The maximum absolute atomic E-state index is 9.28. The number of benzene rings is 2. The number of phenolic OH excluding ortho intramolecular Hbond substituents is 2. The van der Waals surface area contributed by atoms with Crippen LogP contribution in [-0.4, -0.2) is 40.9 Å². The molecule has 25 heavy (non-hydrogen) atoms. The Morgan fingerprint density at radius 3 is 0.840 bits per heavy atom. The molecule has 0 unspecified atom stereocenters. The van der Waals surface area contributed by atoms with Gasteiger partial charge in [-0.3, -0.25) is 0 Å². The van der Waals surface area contributed by atoms with Gasteiger partial charge in [-0.1, -0.05) is 7.43 Å². The lowest BCUT2D eigenvalue weighted by Crippen LogP contribution is -1.90. The van der Waals surface area contributed by atoms with Gasteiger partial charge in [0.05, 0.1) is 26.4 Å². The molecule has 2 rings (SSSR count). The third-order valence-corrected chi connectivity index (χ3v) is 3.19. The molecule has 8 nitrogen and oxygen atoms in total. The summed E-state index contributed by atoms with van der Waals surface area (Å²) in [5.41, 5.74) is 0.830. The zero-order chi connectivity index (χ0) is 18.3. The van der Waals surface area contributed by atoms with Gasteiger partial charge in [-0.05, 0) is 24.3 Å². The van der Waals surface area contributed by atoms with Gasteiger partial charge in [0, 0.05) is 22.3 Å². The largest absolute Gasteiger partial charge is 0.508 e. The number of aromatic hydroxyl groups is 4. The molecule has 0 atom stereocenters. The van der Waals surface area contributed by atoms with Crippen LogP contribution in [0.1, 0.15) is 29.7 Å². The Morgan fingerprint density at radius 1 is 0.480 bits per heavy atom. The highest BCUT2D eigenvalue weighted by atomic mass is 16.3. The average Bonchev–Trinajstić information content (AvgIpc) is 2.58. The molecule has 140 valence electrons. The van der Waals surface area contributed by atoms with Gasteiger partial charge in [0.2, 0.25) is 0 Å². The van der Waals surface area contributed by atoms with Crippen molar-refractivity contribution in [3.63, 3.8) is 0 Å². The quantitative estimate of drug-likeness (QED) is 0.373. The fourth-order valence-electron chi connectivity index (χ4n) is 1.97. The predicted molar refractivity (Wildman–Crippen MR) is 90.0 cm³/mol. The molecule has 0 aromatic heterocycles. The number of hydrogen-bond acceptors (Lipinski definition) is 8. The molecular weight excluding hydrogens is 332 g/mol. The Bertz CT molecular complexity index is 575. The van der Waals surface area contributed by atoms with Crippen molar-refractivity contribution in [3.8, 4) is 23.0 Å². The molecule has 8 N–H and O–H groups in total. The first-order valence-corrected chi connectivity index (χ1v) is 6.88. The minimum atomic E-state index is -0.368. The van der Waals surface area contributed by atoms with Crippen molar-refractivity contribution in [2.75, 3.05) is 0 Å². The monoisotopic (exact) mass is 356 g/mol. The van der Waals surface area contributed by atoms with E-state index in [4.69, 9.17) is 30.6 Å². The maximum Gasteiger partial charge on any atom is 0.126 e. The molecule has 2 aromatic carbocycles. The second kappa shape index (κ2) is 10.4. The number of hydrogen-bond donors (Lipinski definition) is 8. The fraction of sp³-hybridized carbons (Fsp3) is 0.294. The third-order valence-electron chi connectivity index (χ3n) is 3.19. The number of aliphatic hydroxyl groups is 4. The fourth-order valence-corrected chi connectivity index (χ4v) is 1.97. The zero-order valence-corrected chi connectivity index (χ0v) is 12.7. The van der Waals surface area contributed by atoms with Gasteiger partial charge < -0.3 is 40.9 Å². The van der Waals surface area contributed by atoms with Gasteiger partial charge in [0.1, 0.15) is 23.0 Å². The van der Waals surface area contributed by atoms with E-state index in [2.05, 4.69) is 0 Å². The van der Waals surface area contributed by atoms with E-state index in [1.807, 2.05) is 0 Å². The standard InChI is InChI=1S/2C8H10O4.CH4/c2*9-3-5-1-7(11)2-6(4-10)8(5)12;/h2*1-2,9-12H,3-4H2;1H4. The van der Waals surface area contributed by atoms with Crippen molar-refractivity contribution >= 4 is 0 Å². The van der Waals surface area contributed by atoms with Crippen molar-refractivity contribution in [3.05, 3.63) is 46.5 Å². The van der Waals surface area contributed by atoms with E-state index < -0.39 is 0 Å². The van der Waals surface area contributed by atoms with E-state index >= 15 is 0 Å². The molecule has 0 heterocycles. The molecule has 8 heteroatoms. The van der Waals surface area contributed by atoms with E-state index in [1.165, 1.54) is 24.3 Å². The normalized spacial score (nSPS) is 9.76. The van der Waals surface area contributed by atoms with Crippen LogP contribution in [0.15, 0.2) is 24.3 Å². The van der Waals surface area contributed by atoms with Crippen molar-refractivity contribution in [2.24, 2.45) is 0 Å². The van der Waals surface area contributed by atoms with Crippen molar-refractivity contribution < 1.29 is 40.9 Å². The summed E-state index contributed by atoms with van der Waals surface area (Å²) in [7, 11) is 0. The van der Waals surface area contributed by atoms with Gasteiger partial charge >= 0.3 is 0 Å². The van der Waals surface area contributed by atoms with Gasteiger partial charge in [-0.2, -0.15) is 0 Å². The van der Waals surface area contributed by atoms with E-state index in [0.717, 1.165) is 0 Å². The molecule has 0 amide bonds. The summed E-state index contributed by atoms with van der Waals surface area (Å²) in [6.45, 7) is -1.47. The average molecular weight is 356 g/mol. The summed E-state index contributed by atoms with van der Waals surface area (Å²) in [5.74, 6) is -0.502. The molecule has 0 radical (unpaired) electrons. The number of rotatable bonds is 4. The molecule has 0 saturated carbocycles. The first-order chi connectivity index (χ1) is 11.4. The molecule has 0 saturated heterocycles. The minimum absolute atomic E-state index is 0. The lowest BCUT2D eigenvalue weighted by Gasteiger charge is -2.06. The highest BCUT2D eigenvalue weighted by molar-refractivity contribution is 5.46. The van der Waals surface area contributed by atoms with Crippen molar-refractivity contribution in [1.29, 1.82) is 0 Å². The Balaban J connectivity index is 0.000000443. The van der Waals surface area contributed by atoms with Crippen LogP contribution in [0.25, 0.3) is 0 Å². The smallest absolute Gasteiger partial charge is 0.126 e. The predicted octanol–water partition coefficient (Wildman–Crippen LogP) is 0.801. The summed E-state index contributed by atoms with van der Waals surface area (Å²) in [4.78, 5) is 0. The van der Waals surface area contributed by atoms with Gasteiger partial charge in [-0.25, -0.2) is 0 Å².